The molecule has 0 amide bonds. The Hall–Kier alpha value is -1.09. The van der Waals surface area contributed by atoms with Gasteiger partial charge in [-0.15, -0.1) is 0 Å². The molecule has 1 aliphatic heterocycles. The molecule has 5 aliphatic rings. The van der Waals surface area contributed by atoms with Crippen molar-refractivity contribution in [2.75, 3.05) is 13.2 Å². The Labute approximate surface area is 171 Å². The van der Waals surface area contributed by atoms with Crippen LogP contribution in [0, 0.1) is 28.6 Å². The fourth-order valence-corrected chi connectivity index (χ4v) is 7.66. The number of allylic oxidation sites excluding steroid dienone is 3. The van der Waals surface area contributed by atoms with Gasteiger partial charge in [0.15, 0.2) is 0 Å². The van der Waals surface area contributed by atoms with Crippen molar-refractivity contribution in [1.82, 2.24) is 5.32 Å². The van der Waals surface area contributed by atoms with Gasteiger partial charge in [-0.05, 0) is 105 Å². The topological polar surface area (TPSA) is 33.6 Å². The van der Waals surface area contributed by atoms with Gasteiger partial charge in [-0.3, -0.25) is 0 Å². The van der Waals surface area contributed by atoms with E-state index in [1.807, 2.05) is 0 Å². The highest BCUT2D eigenvalue weighted by atomic mass is 16.6. The second-order valence-electron chi connectivity index (χ2n) is 10.8. The fourth-order valence-electron chi connectivity index (χ4n) is 7.66. The summed E-state index contributed by atoms with van der Waals surface area (Å²) in [7, 11) is 0. The van der Waals surface area contributed by atoms with E-state index >= 15 is 0 Å². The molecule has 1 N–H and O–H groups in total. The van der Waals surface area contributed by atoms with Crippen molar-refractivity contribution < 1.29 is 4.84 Å². The lowest BCUT2D eigenvalue weighted by Gasteiger charge is -2.57. The maximum absolute atomic E-state index is 5.73. The zero-order valence-electron chi connectivity index (χ0n) is 17.9. The SMILES string of the molecule is C=C1CCC2C3CCC4=CC(=NOCC5CCCN5)CC[C@]4(C)C3CC[C@]12C. The number of hydrogen-bond donors (Lipinski definition) is 1. The fraction of sp³-hybridized carbons (Fsp3) is 0.800. The molecule has 0 aromatic rings. The Morgan fingerprint density at radius 2 is 1.93 bits per heavy atom. The van der Waals surface area contributed by atoms with Crippen LogP contribution in [0.1, 0.15) is 78.1 Å². The van der Waals surface area contributed by atoms with Gasteiger partial charge in [-0.1, -0.05) is 36.7 Å². The molecule has 154 valence electrons. The molecule has 4 unspecified atom stereocenters. The minimum absolute atomic E-state index is 0.389. The van der Waals surface area contributed by atoms with Gasteiger partial charge in [-0.25, -0.2) is 0 Å². The summed E-state index contributed by atoms with van der Waals surface area (Å²) in [4.78, 5) is 5.73. The summed E-state index contributed by atoms with van der Waals surface area (Å²) in [6.45, 7) is 11.4. The monoisotopic (exact) mass is 382 g/mol. The molecule has 0 bridgehead atoms. The summed E-state index contributed by atoms with van der Waals surface area (Å²) in [5, 5.41) is 8.02. The molecule has 0 radical (unpaired) electrons. The molecule has 1 heterocycles. The van der Waals surface area contributed by atoms with E-state index < -0.39 is 0 Å². The van der Waals surface area contributed by atoms with Crippen LogP contribution >= 0.6 is 0 Å². The van der Waals surface area contributed by atoms with Crippen LogP contribution in [0.3, 0.4) is 0 Å². The summed E-state index contributed by atoms with van der Waals surface area (Å²) < 4.78 is 0. The van der Waals surface area contributed by atoms with E-state index in [0.29, 0.717) is 16.9 Å². The quantitative estimate of drug-likeness (QED) is 0.507. The molecule has 4 fully saturated rings. The predicted molar refractivity (Wildman–Crippen MR) is 115 cm³/mol. The number of rotatable bonds is 3. The Balaban J connectivity index is 1.31. The van der Waals surface area contributed by atoms with Crippen molar-refractivity contribution in [3.8, 4) is 0 Å². The van der Waals surface area contributed by atoms with Gasteiger partial charge in [0.1, 0.15) is 6.61 Å². The summed E-state index contributed by atoms with van der Waals surface area (Å²) in [6, 6.07) is 0.499. The minimum atomic E-state index is 0.389. The van der Waals surface area contributed by atoms with Crippen LogP contribution in [-0.2, 0) is 4.84 Å². The molecule has 4 aliphatic carbocycles. The van der Waals surface area contributed by atoms with Gasteiger partial charge < -0.3 is 10.2 Å². The van der Waals surface area contributed by atoms with Crippen molar-refractivity contribution in [2.24, 2.45) is 33.7 Å². The number of hydrogen-bond acceptors (Lipinski definition) is 3. The van der Waals surface area contributed by atoms with Crippen LogP contribution < -0.4 is 5.32 Å². The molecule has 3 saturated carbocycles. The molecule has 5 rings (SSSR count). The first-order valence-corrected chi connectivity index (χ1v) is 11.8. The molecule has 1 saturated heterocycles. The van der Waals surface area contributed by atoms with Crippen LogP contribution in [0.5, 0.6) is 0 Å². The second kappa shape index (κ2) is 7.00. The van der Waals surface area contributed by atoms with Crippen LogP contribution in [-0.4, -0.2) is 24.9 Å². The zero-order valence-corrected chi connectivity index (χ0v) is 17.9. The number of oxime groups is 1. The largest absolute Gasteiger partial charge is 0.394 e. The van der Waals surface area contributed by atoms with E-state index in [1.54, 1.807) is 11.1 Å². The van der Waals surface area contributed by atoms with Gasteiger partial charge in [0.05, 0.1) is 5.71 Å². The minimum Gasteiger partial charge on any atom is -0.394 e. The summed E-state index contributed by atoms with van der Waals surface area (Å²) in [5.41, 5.74) is 5.22. The molecule has 0 aromatic carbocycles. The van der Waals surface area contributed by atoms with Gasteiger partial charge >= 0.3 is 0 Å². The second-order valence-corrected chi connectivity index (χ2v) is 10.8. The Morgan fingerprint density at radius 1 is 1.07 bits per heavy atom. The van der Waals surface area contributed by atoms with E-state index in [1.165, 1.54) is 63.5 Å². The molecule has 0 aromatic heterocycles. The summed E-state index contributed by atoms with van der Waals surface area (Å²) in [6.07, 6.45) is 15.3. The van der Waals surface area contributed by atoms with E-state index in [2.05, 4.69) is 37.0 Å². The average Bonchev–Trinajstić information content (AvgIpc) is 3.30. The van der Waals surface area contributed by atoms with Crippen LogP contribution in [0.25, 0.3) is 0 Å². The Morgan fingerprint density at radius 3 is 2.75 bits per heavy atom. The van der Waals surface area contributed by atoms with E-state index in [0.717, 1.165) is 37.3 Å². The normalized spacial score (nSPS) is 46.7. The van der Waals surface area contributed by atoms with Gasteiger partial charge in [-0.2, -0.15) is 0 Å². The Kier molecular flexibility index (Phi) is 4.73. The number of nitrogens with one attached hydrogen (secondary N) is 1. The van der Waals surface area contributed by atoms with E-state index in [9.17, 15) is 0 Å². The zero-order chi connectivity index (χ0) is 19.4. The summed E-state index contributed by atoms with van der Waals surface area (Å²) >= 11 is 0. The molecule has 0 spiro atoms. The maximum atomic E-state index is 5.73. The third-order valence-corrected chi connectivity index (χ3v) is 9.55. The van der Waals surface area contributed by atoms with Gasteiger partial charge in [0, 0.05) is 6.04 Å². The summed E-state index contributed by atoms with van der Waals surface area (Å²) in [5.74, 6) is 2.65. The molecule has 6 atom stereocenters. The third-order valence-electron chi connectivity index (χ3n) is 9.55. The van der Waals surface area contributed by atoms with E-state index in [4.69, 9.17) is 4.84 Å². The lowest BCUT2D eigenvalue weighted by Crippen LogP contribution is -2.49. The van der Waals surface area contributed by atoms with Crippen molar-refractivity contribution in [2.45, 2.75) is 84.1 Å². The highest BCUT2D eigenvalue weighted by Crippen LogP contribution is 2.66. The third kappa shape index (κ3) is 2.91. The van der Waals surface area contributed by atoms with Crippen LogP contribution in [0.2, 0.25) is 0 Å². The number of fused-ring (bicyclic) bond motifs is 5. The number of nitrogens with zero attached hydrogens (tertiary/aromatic N) is 1. The molecular formula is C25H38N2O. The lowest BCUT2D eigenvalue weighted by atomic mass is 9.47. The lowest BCUT2D eigenvalue weighted by molar-refractivity contribution is -0.0226. The van der Waals surface area contributed by atoms with Crippen molar-refractivity contribution >= 4 is 5.71 Å². The predicted octanol–water partition coefficient (Wildman–Crippen LogP) is 5.63. The van der Waals surface area contributed by atoms with Gasteiger partial charge in [0.2, 0.25) is 0 Å². The standard InChI is InChI=1S/C25H38N2O/c1-17-6-9-22-21-8-7-18-15-19(27-28-16-20-5-4-14-26-20)10-12-25(18,3)23(21)11-13-24(17,22)2/h15,20-23,26H,1,4-14,16H2,2-3H3/t20?,21?,22?,23?,24-,25+/m1/s1. The molecule has 3 heteroatoms. The van der Waals surface area contributed by atoms with Crippen molar-refractivity contribution in [3.05, 3.63) is 23.8 Å². The van der Waals surface area contributed by atoms with Crippen LogP contribution in [0.4, 0.5) is 0 Å². The first-order chi connectivity index (χ1) is 13.5. The average molecular weight is 383 g/mol. The smallest absolute Gasteiger partial charge is 0.132 e. The van der Waals surface area contributed by atoms with E-state index in [-0.39, 0.29) is 0 Å². The first-order valence-electron chi connectivity index (χ1n) is 11.8. The molecule has 28 heavy (non-hydrogen) atoms. The maximum Gasteiger partial charge on any atom is 0.132 e. The van der Waals surface area contributed by atoms with Crippen molar-refractivity contribution in [1.29, 1.82) is 0 Å². The van der Waals surface area contributed by atoms with Crippen molar-refractivity contribution in [3.63, 3.8) is 0 Å². The highest BCUT2D eigenvalue weighted by Gasteiger charge is 2.57. The molecular weight excluding hydrogens is 344 g/mol. The molecule has 3 nitrogen and oxygen atoms in total. The first kappa shape index (κ1) is 18.9. The van der Waals surface area contributed by atoms with Crippen LogP contribution in [0.15, 0.2) is 29.0 Å². The highest BCUT2D eigenvalue weighted by molar-refractivity contribution is 5.96. The van der Waals surface area contributed by atoms with Gasteiger partial charge in [0.25, 0.3) is 0 Å². The Bertz CT molecular complexity index is 703.